The van der Waals surface area contributed by atoms with Gasteiger partial charge in [-0.25, -0.2) is 0 Å². The lowest BCUT2D eigenvalue weighted by atomic mass is 10.1. The van der Waals surface area contributed by atoms with Crippen molar-refractivity contribution in [3.05, 3.63) is 39.9 Å². The Bertz CT molecular complexity index is 644. The summed E-state index contributed by atoms with van der Waals surface area (Å²) < 4.78 is 5.41. The lowest BCUT2D eigenvalue weighted by molar-refractivity contribution is -0.384. The van der Waals surface area contributed by atoms with Gasteiger partial charge in [0, 0.05) is 43.9 Å². The molecule has 0 bridgehead atoms. The molecule has 144 valence electrons. The molecule has 1 aromatic carbocycles. The number of piperazine rings is 1. The van der Waals surface area contributed by atoms with Crippen LogP contribution in [-0.2, 0) is 16.1 Å². The molecule has 1 aliphatic rings. The van der Waals surface area contributed by atoms with Crippen LogP contribution in [0.15, 0.2) is 24.3 Å². The number of esters is 1. The van der Waals surface area contributed by atoms with Crippen molar-refractivity contribution in [1.82, 2.24) is 9.80 Å². The molecule has 2 rings (SSSR count). The van der Waals surface area contributed by atoms with E-state index in [2.05, 4.69) is 23.6 Å². The van der Waals surface area contributed by atoms with Gasteiger partial charge >= 0.3 is 5.97 Å². The highest BCUT2D eigenvalue weighted by molar-refractivity contribution is 5.72. The van der Waals surface area contributed by atoms with E-state index in [1.807, 2.05) is 26.8 Å². The minimum absolute atomic E-state index is 0.117. The van der Waals surface area contributed by atoms with E-state index in [0.29, 0.717) is 6.54 Å². The van der Waals surface area contributed by atoms with Crippen molar-refractivity contribution < 1.29 is 14.5 Å². The molecule has 0 radical (unpaired) electrons. The van der Waals surface area contributed by atoms with Crippen LogP contribution in [0.1, 0.15) is 40.2 Å². The minimum atomic E-state index is -0.474. The van der Waals surface area contributed by atoms with E-state index in [4.69, 9.17) is 4.74 Å². The number of benzene rings is 1. The molecule has 0 N–H and O–H groups in total. The molecule has 2 atom stereocenters. The summed E-state index contributed by atoms with van der Waals surface area (Å²) in [7, 11) is 0. The molecule has 0 aliphatic carbocycles. The Balaban J connectivity index is 1.97. The number of carbonyl (C=O) groups is 1. The molecular formula is C19H29N3O4. The van der Waals surface area contributed by atoms with Crippen LogP contribution < -0.4 is 0 Å². The lowest BCUT2D eigenvalue weighted by Crippen LogP contribution is -2.57. The first kappa shape index (κ1) is 20.3. The van der Waals surface area contributed by atoms with Crippen LogP contribution in [0.25, 0.3) is 0 Å². The Morgan fingerprint density at radius 1 is 1.27 bits per heavy atom. The number of nitro groups is 1. The number of rotatable bonds is 5. The van der Waals surface area contributed by atoms with Crippen molar-refractivity contribution in [1.29, 1.82) is 0 Å². The fourth-order valence-corrected chi connectivity index (χ4v) is 3.44. The Labute approximate surface area is 155 Å². The third-order valence-corrected chi connectivity index (χ3v) is 4.44. The van der Waals surface area contributed by atoms with E-state index < -0.39 is 5.60 Å². The average molecular weight is 363 g/mol. The van der Waals surface area contributed by atoms with Gasteiger partial charge in [-0.2, -0.15) is 0 Å². The second kappa shape index (κ2) is 8.14. The molecule has 7 heteroatoms. The molecule has 1 fully saturated rings. The Morgan fingerprint density at radius 3 is 2.42 bits per heavy atom. The first-order valence-corrected chi connectivity index (χ1v) is 8.98. The van der Waals surface area contributed by atoms with Gasteiger partial charge in [-0.15, -0.1) is 0 Å². The topological polar surface area (TPSA) is 75.9 Å². The third-order valence-electron chi connectivity index (χ3n) is 4.44. The summed E-state index contributed by atoms with van der Waals surface area (Å²) >= 11 is 0. The van der Waals surface area contributed by atoms with Crippen LogP contribution >= 0.6 is 0 Å². The largest absolute Gasteiger partial charge is 0.459 e. The van der Waals surface area contributed by atoms with E-state index in [-0.39, 0.29) is 35.2 Å². The second-order valence-electron chi connectivity index (χ2n) is 8.08. The molecule has 1 aliphatic heterocycles. The predicted molar refractivity (Wildman–Crippen MR) is 99.8 cm³/mol. The van der Waals surface area contributed by atoms with Gasteiger partial charge in [-0.1, -0.05) is 12.1 Å². The highest BCUT2D eigenvalue weighted by atomic mass is 16.6. The lowest BCUT2D eigenvalue weighted by Gasteiger charge is -2.44. The number of nitrogens with zero attached hydrogens (tertiary/aromatic N) is 3. The summed E-state index contributed by atoms with van der Waals surface area (Å²) in [6.45, 7) is 12.3. The van der Waals surface area contributed by atoms with Crippen molar-refractivity contribution in [2.45, 2.75) is 58.8 Å². The zero-order chi connectivity index (χ0) is 19.5. The number of hydrogen-bond acceptors (Lipinski definition) is 6. The molecule has 7 nitrogen and oxygen atoms in total. The smallest absolute Gasteiger partial charge is 0.320 e. The minimum Gasteiger partial charge on any atom is -0.459 e. The Kier molecular flexibility index (Phi) is 6.36. The number of nitro benzene ring substituents is 1. The number of carbonyl (C=O) groups excluding carboxylic acids is 1. The summed E-state index contributed by atoms with van der Waals surface area (Å²) in [5, 5.41) is 11.0. The number of ether oxygens (including phenoxy) is 1. The molecule has 0 spiro atoms. The maximum Gasteiger partial charge on any atom is 0.320 e. The van der Waals surface area contributed by atoms with Gasteiger partial charge in [0.05, 0.1) is 11.5 Å². The summed E-state index contributed by atoms with van der Waals surface area (Å²) in [5.41, 5.74) is 0.572. The Morgan fingerprint density at radius 2 is 1.88 bits per heavy atom. The van der Waals surface area contributed by atoms with Gasteiger partial charge in [-0.05, 0) is 40.2 Å². The Hall–Kier alpha value is -1.99. The molecule has 0 aromatic heterocycles. The van der Waals surface area contributed by atoms with Gasteiger partial charge in [0.25, 0.3) is 5.69 Å². The van der Waals surface area contributed by atoms with Crippen molar-refractivity contribution in [2.75, 3.05) is 19.6 Å². The SMILES string of the molecule is CC1CN(CC(=O)OC(C)(C)C)CC(C)N1Cc1cccc([N+](=O)[O-])c1. The molecule has 2 unspecified atom stereocenters. The van der Waals surface area contributed by atoms with Gasteiger partial charge in [0.15, 0.2) is 0 Å². The zero-order valence-corrected chi connectivity index (χ0v) is 16.3. The van der Waals surface area contributed by atoms with Crippen LogP contribution in [0.4, 0.5) is 5.69 Å². The molecule has 1 saturated heterocycles. The fraction of sp³-hybridized carbons (Fsp3) is 0.632. The molecule has 1 aromatic rings. The maximum absolute atomic E-state index is 12.1. The van der Waals surface area contributed by atoms with Crippen molar-refractivity contribution in [2.24, 2.45) is 0 Å². The van der Waals surface area contributed by atoms with Gasteiger partial charge in [-0.3, -0.25) is 24.7 Å². The normalized spacial score (nSPS) is 22.2. The van der Waals surface area contributed by atoms with E-state index in [1.54, 1.807) is 12.1 Å². The van der Waals surface area contributed by atoms with Crippen molar-refractivity contribution >= 4 is 11.7 Å². The molecule has 26 heavy (non-hydrogen) atoms. The summed E-state index contributed by atoms with van der Waals surface area (Å²) in [6, 6.07) is 7.25. The quantitative estimate of drug-likeness (QED) is 0.455. The maximum atomic E-state index is 12.1. The van der Waals surface area contributed by atoms with E-state index in [9.17, 15) is 14.9 Å². The van der Waals surface area contributed by atoms with Crippen molar-refractivity contribution in [3.8, 4) is 0 Å². The average Bonchev–Trinajstić information content (AvgIpc) is 2.49. The molecule has 0 saturated carbocycles. The third kappa shape index (κ3) is 5.78. The summed E-state index contributed by atoms with van der Waals surface area (Å²) in [6.07, 6.45) is 0. The predicted octanol–water partition coefficient (Wildman–Crippen LogP) is 2.83. The van der Waals surface area contributed by atoms with Gasteiger partial charge in [0.2, 0.25) is 0 Å². The standard InChI is InChI=1S/C19H29N3O4/c1-14-10-20(13-18(23)26-19(3,4)5)11-15(2)21(14)12-16-7-6-8-17(9-16)22(24)25/h6-9,14-15H,10-13H2,1-5H3. The van der Waals surface area contributed by atoms with Crippen LogP contribution in [0.2, 0.25) is 0 Å². The van der Waals surface area contributed by atoms with Gasteiger partial charge < -0.3 is 4.74 Å². The monoisotopic (exact) mass is 363 g/mol. The van der Waals surface area contributed by atoms with Crippen LogP contribution in [0.3, 0.4) is 0 Å². The van der Waals surface area contributed by atoms with Crippen LogP contribution in [-0.4, -0.2) is 58.0 Å². The van der Waals surface area contributed by atoms with Crippen LogP contribution in [0.5, 0.6) is 0 Å². The fourth-order valence-electron chi connectivity index (χ4n) is 3.44. The summed E-state index contributed by atoms with van der Waals surface area (Å²) in [5.74, 6) is -0.205. The number of hydrogen-bond donors (Lipinski definition) is 0. The molecule has 0 amide bonds. The first-order chi connectivity index (χ1) is 12.0. The van der Waals surface area contributed by atoms with E-state index >= 15 is 0 Å². The number of non-ortho nitro benzene ring substituents is 1. The van der Waals surface area contributed by atoms with E-state index in [0.717, 1.165) is 18.7 Å². The highest BCUT2D eigenvalue weighted by Gasteiger charge is 2.31. The molecule has 1 heterocycles. The summed E-state index contributed by atoms with van der Waals surface area (Å²) in [4.78, 5) is 27.1. The first-order valence-electron chi connectivity index (χ1n) is 8.98. The molecular weight excluding hydrogens is 334 g/mol. The van der Waals surface area contributed by atoms with E-state index in [1.165, 1.54) is 6.07 Å². The second-order valence-corrected chi connectivity index (χ2v) is 8.08. The van der Waals surface area contributed by atoms with Crippen LogP contribution in [0, 0.1) is 10.1 Å². The van der Waals surface area contributed by atoms with Gasteiger partial charge in [0.1, 0.15) is 5.60 Å². The zero-order valence-electron chi connectivity index (χ0n) is 16.3. The van der Waals surface area contributed by atoms with Crippen molar-refractivity contribution in [3.63, 3.8) is 0 Å². The highest BCUT2D eigenvalue weighted by Crippen LogP contribution is 2.21.